The Hall–Kier alpha value is -1.14. The van der Waals surface area contributed by atoms with Crippen molar-refractivity contribution < 1.29 is 19.4 Å². The second kappa shape index (κ2) is 8.88. The van der Waals surface area contributed by atoms with Gasteiger partial charge in [0.2, 0.25) is 5.91 Å². The highest BCUT2D eigenvalue weighted by molar-refractivity contribution is 5.82. The molecule has 4 N–H and O–H groups in total. The number of carboxylic acids is 1. The molecule has 0 aliphatic rings. The molecule has 0 aliphatic heterocycles. The van der Waals surface area contributed by atoms with Crippen molar-refractivity contribution in [2.75, 3.05) is 13.7 Å². The number of methoxy groups -OCH3 is 1. The summed E-state index contributed by atoms with van der Waals surface area (Å²) in [5.74, 6) is -1.18. The Labute approximate surface area is 108 Å². The first kappa shape index (κ1) is 16.9. The summed E-state index contributed by atoms with van der Waals surface area (Å²) in [4.78, 5) is 22.4. The number of nitrogens with two attached hydrogens (primary N) is 1. The fourth-order valence-corrected chi connectivity index (χ4v) is 1.51. The summed E-state index contributed by atoms with van der Waals surface area (Å²) >= 11 is 0. The van der Waals surface area contributed by atoms with Crippen LogP contribution >= 0.6 is 0 Å². The molecule has 0 aliphatic carbocycles. The lowest BCUT2D eigenvalue weighted by Gasteiger charge is -2.22. The summed E-state index contributed by atoms with van der Waals surface area (Å²) in [7, 11) is 1.59. The number of carbonyl (C=O) groups excluding carboxylic acids is 1. The quantitative estimate of drug-likeness (QED) is 0.519. The maximum absolute atomic E-state index is 11.8. The van der Waals surface area contributed by atoms with E-state index in [4.69, 9.17) is 15.6 Å². The molecule has 0 heterocycles. The summed E-state index contributed by atoms with van der Waals surface area (Å²) in [5, 5.41) is 11.4. The molecule has 0 rings (SSSR count). The molecule has 0 bridgehead atoms. The van der Waals surface area contributed by atoms with Crippen LogP contribution in [0, 0.1) is 5.92 Å². The van der Waals surface area contributed by atoms with E-state index in [0.717, 1.165) is 0 Å². The number of rotatable bonds is 9. The Morgan fingerprint density at radius 1 is 1.39 bits per heavy atom. The highest BCUT2D eigenvalue weighted by atomic mass is 16.5. The summed E-state index contributed by atoms with van der Waals surface area (Å²) in [6.45, 7) is 4.29. The lowest BCUT2D eigenvalue weighted by atomic mass is 10.00. The molecule has 2 atom stereocenters. The van der Waals surface area contributed by atoms with Gasteiger partial charge in [-0.1, -0.05) is 13.8 Å². The van der Waals surface area contributed by atoms with Crippen LogP contribution in [0.4, 0.5) is 0 Å². The fraction of sp³-hybridized carbons (Fsp3) is 0.833. The average Bonchev–Trinajstić information content (AvgIpc) is 2.27. The Morgan fingerprint density at radius 2 is 2.00 bits per heavy atom. The number of ether oxygens (including phenoxy) is 1. The van der Waals surface area contributed by atoms with Crippen molar-refractivity contribution in [2.24, 2.45) is 11.7 Å². The standard InChI is InChI=1S/C12H24N2O4/c1-8(2)10(7-11(15)16)14-12(17)9(13)5-4-6-18-3/h8-10H,4-7,13H2,1-3H3,(H,14,17)(H,15,16). The van der Waals surface area contributed by atoms with Gasteiger partial charge >= 0.3 is 5.97 Å². The van der Waals surface area contributed by atoms with E-state index in [9.17, 15) is 9.59 Å². The third-order valence-corrected chi connectivity index (χ3v) is 2.73. The largest absolute Gasteiger partial charge is 0.481 e. The van der Waals surface area contributed by atoms with Crippen molar-refractivity contribution in [1.82, 2.24) is 5.32 Å². The number of hydrogen-bond donors (Lipinski definition) is 3. The van der Waals surface area contributed by atoms with E-state index in [1.807, 2.05) is 13.8 Å². The number of carbonyl (C=O) groups is 2. The van der Waals surface area contributed by atoms with Crippen LogP contribution in [0.5, 0.6) is 0 Å². The second-order valence-corrected chi connectivity index (χ2v) is 4.70. The van der Waals surface area contributed by atoms with E-state index >= 15 is 0 Å². The molecule has 106 valence electrons. The van der Waals surface area contributed by atoms with Gasteiger partial charge in [-0.05, 0) is 18.8 Å². The molecule has 0 spiro atoms. The van der Waals surface area contributed by atoms with E-state index in [0.29, 0.717) is 19.4 Å². The predicted octanol–water partition coefficient (Wildman–Crippen LogP) is 0.356. The first-order valence-electron chi connectivity index (χ1n) is 6.15. The van der Waals surface area contributed by atoms with E-state index in [2.05, 4.69) is 5.32 Å². The highest BCUT2D eigenvalue weighted by Crippen LogP contribution is 2.07. The zero-order valence-corrected chi connectivity index (χ0v) is 11.3. The first-order chi connectivity index (χ1) is 8.38. The van der Waals surface area contributed by atoms with E-state index in [-0.39, 0.29) is 24.3 Å². The number of aliphatic carboxylic acids is 1. The van der Waals surface area contributed by atoms with Crippen LogP contribution in [-0.4, -0.2) is 42.8 Å². The molecule has 0 aromatic rings. The van der Waals surface area contributed by atoms with Crippen LogP contribution in [0.25, 0.3) is 0 Å². The Bertz CT molecular complexity index is 269. The summed E-state index contributed by atoms with van der Waals surface area (Å²) in [5.41, 5.74) is 5.72. The molecule has 1 amide bonds. The van der Waals surface area contributed by atoms with Crippen molar-refractivity contribution in [1.29, 1.82) is 0 Å². The summed E-state index contributed by atoms with van der Waals surface area (Å²) in [6.07, 6.45) is 1.14. The van der Waals surface area contributed by atoms with Crippen molar-refractivity contribution in [3.05, 3.63) is 0 Å². The van der Waals surface area contributed by atoms with Crippen LogP contribution < -0.4 is 11.1 Å². The second-order valence-electron chi connectivity index (χ2n) is 4.70. The monoisotopic (exact) mass is 260 g/mol. The molecular formula is C12H24N2O4. The molecule has 0 saturated carbocycles. The zero-order valence-electron chi connectivity index (χ0n) is 11.3. The molecule has 0 fully saturated rings. The molecular weight excluding hydrogens is 236 g/mol. The maximum Gasteiger partial charge on any atom is 0.305 e. The topological polar surface area (TPSA) is 102 Å². The Morgan fingerprint density at radius 3 is 2.44 bits per heavy atom. The van der Waals surface area contributed by atoms with E-state index < -0.39 is 12.0 Å². The van der Waals surface area contributed by atoms with Gasteiger partial charge in [-0.2, -0.15) is 0 Å². The first-order valence-corrected chi connectivity index (χ1v) is 6.15. The normalized spacial score (nSPS) is 14.3. The minimum absolute atomic E-state index is 0.0521. The van der Waals surface area contributed by atoms with Gasteiger partial charge in [0.15, 0.2) is 0 Å². The SMILES string of the molecule is COCCCC(N)C(=O)NC(CC(=O)O)C(C)C. The van der Waals surface area contributed by atoms with E-state index in [1.54, 1.807) is 7.11 Å². The van der Waals surface area contributed by atoms with Gasteiger partial charge in [-0.15, -0.1) is 0 Å². The van der Waals surface area contributed by atoms with Crippen molar-refractivity contribution in [3.8, 4) is 0 Å². The minimum Gasteiger partial charge on any atom is -0.481 e. The Kier molecular flexibility index (Phi) is 8.32. The van der Waals surface area contributed by atoms with Crippen molar-refractivity contribution in [2.45, 2.75) is 45.2 Å². The zero-order chi connectivity index (χ0) is 14.1. The Balaban J connectivity index is 4.19. The van der Waals surface area contributed by atoms with Gasteiger partial charge in [0.1, 0.15) is 0 Å². The van der Waals surface area contributed by atoms with Crippen molar-refractivity contribution in [3.63, 3.8) is 0 Å². The number of carboxylic acid groups (broad SMARTS) is 1. The molecule has 6 heteroatoms. The predicted molar refractivity (Wildman–Crippen MR) is 68.1 cm³/mol. The van der Waals surface area contributed by atoms with Gasteiger partial charge in [0.05, 0.1) is 12.5 Å². The molecule has 0 radical (unpaired) electrons. The smallest absolute Gasteiger partial charge is 0.305 e. The maximum atomic E-state index is 11.8. The molecule has 0 aromatic carbocycles. The van der Waals surface area contributed by atoms with Crippen LogP contribution in [0.2, 0.25) is 0 Å². The third-order valence-electron chi connectivity index (χ3n) is 2.73. The van der Waals surface area contributed by atoms with Crippen LogP contribution in [0.1, 0.15) is 33.1 Å². The van der Waals surface area contributed by atoms with E-state index in [1.165, 1.54) is 0 Å². The molecule has 0 aromatic heterocycles. The van der Waals surface area contributed by atoms with Gasteiger partial charge < -0.3 is 20.9 Å². The van der Waals surface area contributed by atoms with Gasteiger partial charge in [-0.25, -0.2) is 0 Å². The summed E-state index contributed by atoms with van der Waals surface area (Å²) < 4.78 is 4.88. The summed E-state index contributed by atoms with van der Waals surface area (Å²) in [6, 6.07) is -1.00. The lowest BCUT2D eigenvalue weighted by molar-refractivity contribution is -0.138. The third kappa shape index (κ3) is 7.24. The molecule has 2 unspecified atom stereocenters. The minimum atomic E-state index is -0.929. The number of amides is 1. The highest BCUT2D eigenvalue weighted by Gasteiger charge is 2.22. The van der Waals surface area contributed by atoms with Crippen molar-refractivity contribution >= 4 is 11.9 Å². The molecule has 0 saturated heterocycles. The molecule has 6 nitrogen and oxygen atoms in total. The number of hydrogen-bond acceptors (Lipinski definition) is 4. The van der Waals surface area contributed by atoms with Gasteiger partial charge in [0, 0.05) is 19.8 Å². The van der Waals surface area contributed by atoms with Crippen LogP contribution in [-0.2, 0) is 14.3 Å². The van der Waals surface area contributed by atoms with Gasteiger partial charge in [0.25, 0.3) is 0 Å². The van der Waals surface area contributed by atoms with Crippen LogP contribution in [0.15, 0.2) is 0 Å². The molecule has 18 heavy (non-hydrogen) atoms. The van der Waals surface area contributed by atoms with Gasteiger partial charge in [-0.3, -0.25) is 9.59 Å². The average molecular weight is 260 g/mol. The number of nitrogens with one attached hydrogen (secondary N) is 1. The lowest BCUT2D eigenvalue weighted by Crippen LogP contribution is -2.48. The fourth-order valence-electron chi connectivity index (χ4n) is 1.51. The van der Waals surface area contributed by atoms with Crippen LogP contribution in [0.3, 0.4) is 0 Å².